The molecule has 0 amide bonds. The minimum atomic E-state index is -4.60. The summed E-state index contributed by atoms with van der Waals surface area (Å²) in [5.41, 5.74) is 2.36. The van der Waals surface area contributed by atoms with Crippen LogP contribution in [0.1, 0.15) is 41.4 Å². The van der Waals surface area contributed by atoms with Gasteiger partial charge >= 0.3 is 6.18 Å². The van der Waals surface area contributed by atoms with Crippen molar-refractivity contribution in [1.29, 1.82) is 0 Å². The molecule has 1 N–H and O–H groups in total. The van der Waals surface area contributed by atoms with E-state index in [2.05, 4.69) is 25.1 Å². The Labute approximate surface area is 213 Å². The van der Waals surface area contributed by atoms with Crippen LogP contribution in [0.3, 0.4) is 0 Å². The van der Waals surface area contributed by atoms with Gasteiger partial charge in [0.15, 0.2) is 17.2 Å². The number of aliphatic hydroxyl groups excluding tert-OH is 1. The molecule has 0 bridgehead atoms. The fourth-order valence-electron chi connectivity index (χ4n) is 4.33. The number of rotatable bonds is 7. The molecule has 10 nitrogen and oxygen atoms in total. The molecule has 0 saturated heterocycles. The quantitative estimate of drug-likeness (QED) is 0.342. The van der Waals surface area contributed by atoms with Gasteiger partial charge in [0.1, 0.15) is 11.9 Å². The molecular weight excluding hydrogens is 501 g/mol. The highest BCUT2D eigenvalue weighted by atomic mass is 19.4. The number of hydrogen-bond donors (Lipinski definition) is 1. The van der Waals surface area contributed by atoms with Gasteiger partial charge in [-0.05, 0) is 36.6 Å². The van der Waals surface area contributed by atoms with Crippen LogP contribution in [0.5, 0.6) is 5.88 Å². The molecule has 13 heteroatoms. The number of ether oxygens (including phenoxy) is 1. The van der Waals surface area contributed by atoms with Crippen LogP contribution in [0.25, 0.3) is 28.1 Å². The van der Waals surface area contributed by atoms with Gasteiger partial charge < -0.3 is 9.84 Å². The first-order valence-electron chi connectivity index (χ1n) is 11.8. The maximum atomic E-state index is 13.1. The van der Waals surface area contributed by atoms with Gasteiger partial charge in [0.05, 0.1) is 48.9 Å². The summed E-state index contributed by atoms with van der Waals surface area (Å²) in [6.45, 7) is -0.218. The van der Waals surface area contributed by atoms with Gasteiger partial charge in [0.2, 0.25) is 5.88 Å². The molecule has 1 aliphatic carbocycles. The number of fused-ring (bicyclic) bond motifs is 1. The summed E-state index contributed by atoms with van der Waals surface area (Å²) >= 11 is 0. The van der Waals surface area contributed by atoms with E-state index in [-0.39, 0.29) is 5.69 Å². The summed E-state index contributed by atoms with van der Waals surface area (Å²) in [7, 11) is 1.55. The highest BCUT2D eigenvalue weighted by molar-refractivity contribution is 5.77. The SMILES string of the molecule is COc1ncnc(C2CC2)c1-c1ncc2cnn(Cc3ccc(-n4nc(C(F)(F)F)cc4CO)cc3)c2n1. The Balaban J connectivity index is 1.31. The van der Waals surface area contributed by atoms with Crippen LogP contribution in [0.2, 0.25) is 0 Å². The molecule has 6 rings (SSSR count). The largest absolute Gasteiger partial charge is 0.480 e. The normalized spacial score (nSPS) is 13.8. The van der Waals surface area contributed by atoms with Gasteiger partial charge in [0, 0.05) is 12.1 Å². The zero-order valence-corrected chi connectivity index (χ0v) is 20.1. The van der Waals surface area contributed by atoms with Crippen molar-refractivity contribution in [2.75, 3.05) is 7.11 Å². The number of aliphatic hydroxyl groups is 1. The maximum absolute atomic E-state index is 13.1. The zero-order chi connectivity index (χ0) is 26.4. The average molecular weight is 522 g/mol. The molecule has 38 heavy (non-hydrogen) atoms. The monoisotopic (exact) mass is 522 g/mol. The Hall–Kier alpha value is -4.39. The van der Waals surface area contributed by atoms with E-state index in [1.807, 2.05) is 0 Å². The Morgan fingerprint density at radius 3 is 2.55 bits per heavy atom. The van der Waals surface area contributed by atoms with E-state index in [0.717, 1.165) is 40.2 Å². The van der Waals surface area contributed by atoms with Crippen molar-refractivity contribution in [2.45, 2.75) is 38.1 Å². The van der Waals surface area contributed by atoms with Crippen LogP contribution in [0, 0.1) is 0 Å². The lowest BCUT2D eigenvalue weighted by atomic mass is 10.1. The summed E-state index contributed by atoms with van der Waals surface area (Å²) in [5, 5.41) is 18.3. The van der Waals surface area contributed by atoms with E-state index < -0.39 is 18.5 Å². The summed E-state index contributed by atoms with van der Waals surface area (Å²) in [4.78, 5) is 18.0. The van der Waals surface area contributed by atoms with Crippen molar-refractivity contribution in [1.82, 2.24) is 39.5 Å². The van der Waals surface area contributed by atoms with Gasteiger partial charge in [-0.3, -0.25) is 0 Å². The number of alkyl halides is 3. The molecule has 1 aromatic carbocycles. The zero-order valence-electron chi connectivity index (χ0n) is 20.1. The third kappa shape index (κ3) is 4.34. The van der Waals surface area contributed by atoms with E-state index in [1.54, 1.807) is 48.5 Å². The van der Waals surface area contributed by atoms with E-state index in [0.29, 0.717) is 41.1 Å². The van der Waals surface area contributed by atoms with Crippen LogP contribution in [-0.4, -0.2) is 51.7 Å². The number of aromatic nitrogens is 8. The molecule has 0 atom stereocenters. The molecule has 0 radical (unpaired) electrons. The van der Waals surface area contributed by atoms with Crippen molar-refractivity contribution in [3.05, 3.63) is 71.7 Å². The third-order valence-electron chi connectivity index (χ3n) is 6.35. The fraction of sp³-hybridized carbons (Fsp3) is 0.280. The smallest absolute Gasteiger partial charge is 0.435 e. The Kier molecular flexibility index (Phi) is 5.79. The second-order valence-corrected chi connectivity index (χ2v) is 8.95. The molecule has 4 aromatic heterocycles. The van der Waals surface area contributed by atoms with Crippen LogP contribution in [-0.2, 0) is 19.3 Å². The standard InChI is InChI=1S/C25H21F3N8O2/c1-38-24-20(21(15-4-5-15)30-13-31-24)22-29-9-16-10-32-35(23(16)33-22)11-14-2-6-17(7-3-14)36-18(12-37)8-19(34-36)25(26,27)28/h2-3,6-10,13,15,37H,4-5,11-12H2,1H3. The Morgan fingerprint density at radius 2 is 1.87 bits per heavy atom. The lowest BCUT2D eigenvalue weighted by Gasteiger charge is -2.11. The number of methoxy groups -OCH3 is 1. The Bertz CT molecular complexity index is 1620. The van der Waals surface area contributed by atoms with Crippen molar-refractivity contribution >= 4 is 11.0 Å². The molecule has 0 aliphatic heterocycles. The van der Waals surface area contributed by atoms with Gasteiger partial charge in [-0.1, -0.05) is 12.1 Å². The minimum Gasteiger partial charge on any atom is -0.480 e. The van der Waals surface area contributed by atoms with Crippen molar-refractivity contribution in [2.24, 2.45) is 0 Å². The lowest BCUT2D eigenvalue weighted by molar-refractivity contribution is -0.141. The molecule has 5 aromatic rings. The lowest BCUT2D eigenvalue weighted by Crippen LogP contribution is -2.08. The molecule has 0 spiro atoms. The number of hydrogen-bond acceptors (Lipinski definition) is 8. The van der Waals surface area contributed by atoms with E-state index >= 15 is 0 Å². The van der Waals surface area contributed by atoms with Gasteiger partial charge in [0.25, 0.3) is 0 Å². The highest BCUT2D eigenvalue weighted by Crippen LogP contribution is 2.44. The molecule has 194 valence electrons. The predicted octanol–water partition coefficient (Wildman–Crippen LogP) is 3.91. The second kappa shape index (κ2) is 9.17. The van der Waals surface area contributed by atoms with Crippen molar-refractivity contribution < 1.29 is 23.0 Å². The molecule has 4 heterocycles. The molecule has 0 unspecified atom stereocenters. The highest BCUT2D eigenvalue weighted by Gasteiger charge is 2.35. The van der Waals surface area contributed by atoms with E-state index in [9.17, 15) is 18.3 Å². The predicted molar refractivity (Wildman–Crippen MR) is 128 cm³/mol. The van der Waals surface area contributed by atoms with E-state index in [4.69, 9.17) is 9.72 Å². The van der Waals surface area contributed by atoms with Crippen molar-refractivity contribution in [3.8, 4) is 23.0 Å². The van der Waals surface area contributed by atoms with Gasteiger partial charge in [-0.25, -0.2) is 29.3 Å². The summed E-state index contributed by atoms with van der Waals surface area (Å²) in [6.07, 6.45) is 2.33. The van der Waals surface area contributed by atoms with E-state index in [1.165, 1.54) is 6.33 Å². The van der Waals surface area contributed by atoms with Gasteiger partial charge in [-0.2, -0.15) is 23.4 Å². The van der Waals surface area contributed by atoms with Gasteiger partial charge in [-0.15, -0.1) is 0 Å². The minimum absolute atomic E-state index is 0.0401. The van der Waals surface area contributed by atoms with Crippen molar-refractivity contribution in [3.63, 3.8) is 0 Å². The van der Waals surface area contributed by atoms with Crippen LogP contribution in [0.4, 0.5) is 13.2 Å². The summed E-state index contributed by atoms with van der Waals surface area (Å²) in [5.74, 6) is 1.19. The number of benzene rings is 1. The summed E-state index contributed by atoms with van der Waals surface area (Å²) in [6, 6.07) is 7.65. The molecule has 1 aliphatic rings. The first-order chi connectivity index (χ1) is 18.4. The average Bonchev–Trinajstić information content (AvgIpc) is 3.55. The fourth-order valence-corrected chi connectivity index (χ4v) is 4.33. The van der Waals surface area contributed by atoms with Crippen LogP contribution < -0.4 is 4.74 Å². The number of nitrogens with zero attached hydrogens (tertiary/aromatic N) is 8. The van der Waals surface area contributed by atoms with Crippen LogP contribution in [0.15, 0.2) is 49.1 Å². The molecular formula is C25H21F3N8O2. The summed E-state index contributed by atoms with van der Waals surface area (Å²) < 4.78 is 47.6. The molecule has 1 saturated carbocycles. The van der Waals surface area contributed by atoms with Crippen LogP contribution >= 0.6 is 0 Å². The maximum Gasteiger partial charge on any atom is 0.435 e. The molecule has 1 fully saturated rings. The topological polar surface area (TPSA) is 117 Å². The second-order valence-electron chi connectivity index (χ2n) is 8.95. The first-order valence-corrected chi connectivity index (χ1v) is 11.8. The number of halogens is 3. The first kappa shape index (κ1) is 24.0. The Morgan fingerprint density at radius 1 is 1.08 bits per heavy atom. The third-order valence-corrected chi connectivity index (χ3v) is 6.35.